The monoisotopic (exact) mass is 341 g/mol. The van der Waals surface area contributed by atoms with Crippen LogP contribution in [0.1, 0.15) is 12.8 Å². The third-order valence-corrected chi connectivity index (χ3v) is 4.75. The van der Waals surface area contributed by atoms with Crippen molar-refractivity contribution in [2.45, 2.75) is 17.7 Å². The maximum atomic E-state index is 9.87. The molecular formula is C10H14F6NOPS. The topological polar surface area (TPSA) is 22.1 Å². The molecule has 0 radical (unpaired) electrons. The number of nitrogens with zero attached hydrogens (tertiary/aromatic N) is 1. The van der Waals surface area contributed by atoms with Gasteiger partial charge >= 0.3 is 33.0 Å². The van der Waals surface area contributed by atoms with E-state index in [4.69, 9.17) is 4.74 Å². The molecule has 1 aromatic rings. The van der Waals surface area contributed by atoms with Crippen molar-refractivity contribution in [3.63, 3.8) is 0 Å². The normalized spacial score (nSPS) is 19.6. The minimum atomic E-state index is -10.7. The van der Waals surface area contributed by atoms with E-state index in [1.54, 1.807) is 7.11 Å². The van der Waals surface area contributed by atoms with Gasteiger partial charge in [-0.2, -0.15) is 0 Å². The first-order valence-corrected chi connectivity index (χ1v) is 9.18. The van der Waals surface area contributed by atoms with Gasteiger partial charge in [-0.15, -0.1) is 0 Å². The summed E-state index contributed by atoms with van der Waals surface area (Å²) in [6.07, 6.45) is 4.73. The molecule has 1 aromatic heterocycles. The van der Waals surface area contributed by atoms with Gasteiger partial charge in [-0.3, -0.25) is 0 Å². The number of rotatable bonds is 2. The predicted molar refractivity (Wildman–Crippen MR) is 69.0 cm³/mol. The van der Waals surface area contributed by atoms with E-state index in [-0.39, 0.29) is 0 Å². The maximum absolute atomic E-state index is 10.7. The average Bonchev–Trinajstić information content (AvgIpc) is 2.78. The fourth-order valence-corrected chi connectivity index (χ4v) is 3.79. The summed E-state index contributed by atoms with van der Waals surface area (Å²) in [4.78, 5) is 5.63. The number of methoxy groups -OCH3 is 1. The Morgan fingerprint density at radius 2 is 1.55 bits per heavy atom. The van der Waals surface area contributed by atoms with E-state index in [9.17, 15) is 25.2 Å². The second kappa shape index (κ2) is 5.26. The van der Waals surface area contributed by atoms with Gasteiger partial charge in [0.1, 0.15) is 11.5 Å². The van der Waals surface area contributed by atoms with Gasteiger partial charge in [0.15, 0.2) is 4.90 Å². The number of hydrogen-bond donors (Lipinski definition) is 0. The fourth-order valence-electron chi connectivity index (χ4n) is 1.55. The molecule has 2 heterocycles. The van der Waals surface area contributed by atoms with Crippen LogP contribution in [0.3, 0.4) is 0 Å². The van der Waals surface area contributed by atoms with Gasteiger partial charge in [0, 0.05) is 23.0 Å². The van der Waals surface area contributed by atoms with E-state index >= 15 is 0 Å². The van der Waals surface area contributed by atoms with Crippen LogP contribution in [0.4, 0.5) is 25.2 Å². The Kier molecular flexibility index (Phi) is 4.56. The molecule has 118 valence electrons. The average molecular weight is 341 g/mol. The van der Waals surface area contributed by atoms with Crippen molar-refractivity contribution in [2.75, 3.05) is 18.6 Å². The van der Waals surface area contributed by atoms with E-state index < -0.39 is 7.81 Å². The first kappa shape index (κ1) is 17.4. The van der Waals surface area contributed by atoms with Crippen molar-refractivity contribution in [1.29, 1.82) is 0 Å². The molecule has 0 spiro atoms. The molecule has 0 aromatic carbocycles. The van der Waals surface area contributed by atoms with Gasteiger partial charge in [-0.05, 0) is 12.8 Å². The molecule has 0 N–H and O–H groups in total. The molecule has 0 saturated carbocycles. The summed E-state index contributed by atoms with van der Waals surface area (Å²) >= 11 is 0. The Hall–Kier alpha value is -0.690. The fraction of sp³-hybridized carbons (Fsp3) is 0.500. The van der Waals surface area contributed by atoms with Gasteiger partial charge in [-0.25, -0.2) is 4.98 Å². The van der Waals surface area contributed by atoms with Crippen molar-refractivity contribution < 1.29 is 29.9 Å². The van der Waals surface area contributed by atoms with Gasteiger partial charge < -0.3 is 4.74 Å². The third kappa shape index (κ3) is 9.25. The third-order valence-electron chi connectivity index (χ3n) is 2.28. The Balaban J connectivity index is 0.000000246. The molecule has 10 heteroatoms. The zero-order valence-corrected chi connectivity index (χ0v) is 12.3. The molecule has 1 saturated heterocycles. The van der Waals surface area contributed by atoms with Crippen molar-refractivity contribution >= 4 is 18.7 Å². The van der Waals surface area contributed by atoms with Crippen LogP contribution in [0.25, 0.3) is 0 Å². The molecule has 0 unspecified atom stereocenters. The zero-order valence-electron chi connectivity index (χ0n) is 10.5. The summed E-state index contributed by atoms with van der Waals surface area (Å²) in [6.45, 7) is 0. The van der Waals surface area contributed by atoms with Crippen LogP contribution < -0.4 is 4.74 Å². The first-order chi connectivity index (χ1) is 8.85. The summed E-state index contributed by atoms with van der Waals surface area (Å²) in [5.74, 6) is 3.42. The van der Waals surface area contributed by atoms with E-state index in [0.29, 0.717) is 16.8 Å². The quantitative estimate of drug-likeness (QED) is 0.417. The Bertz CT molecular complexity index is 431. The number of pyridine rings is 1. The van der Waals surface area contributed by atoms with Crippen LogP contribution in [0, 0.1) is 0 Å². The molecule has 2 rings (SSSR count). The molecule has 1 fully saturated rings. The van der Waals surface area contributed by atoms with Gasteiger partial charge in [0.25, 0.3) is 0 Å². The van der Waals surface area contributed by atoms with Crippen LogP contribution in [-0.4, -0.2) is 23.6 Å². The summed E-state index contributed by atoms with van der Waals surface area (Å²) in [5, 5.41) is 0. The molecular weight excluding hydrogens is 327 g/mol. The van der Waals surface area contributed by atoms with Crippen molar-refractivity contribution in [2.24, 2.45) is 0 Å². The van der Waals surface area contributed by atoms with Crippen LogP contribution in [0.5, 0.6) is 5.88 Å². The molecule has 0 amide bonds. The van der Waals surface area contributed by atoms with Gasteiger partial charge in [-0.1, -0.05) is 0 Å². The van der Waals surface area contributed by atoms with Gasteiger partial charge in [0.2, 0.25) is 5.88 Å². The van der Waals surface area contributed by atoms with E-state index in [1.165, 1.54) is 29.2 Å². The molecule has 1 aliphatic heterocycles. The predicted octanol–water partition coefficient (Wildman–Crippen LogP) is 5.24. The zero-order chi connectivity index (χ0) is 15.5. The minimum absolute atomic E-state index is 0.481. The number of halogens is 6. The Morgan fingerprint density at radius 3 is 1.90 bits per heavy atom. The summed E-state index contributed by atoms with van der Waals surface area (Å²) in [5.41, 5.74) is 0. The molecule has 0 atom stereocenters. The molecule has 2 nitrogen and oxygen atoms in total. The molecule has 0 aliphatic carbocycles. The summed E-state index contributed by atoms with van der Waals surface area (Å²) in [7, 11) is -8.52. The SMILES string of the molecule is COc1ccc([S+]2CCCC2)cn1.F[P-](F)(F)(F)(F)F. The Labute approximate surface area is 115 Å². The van der Waals surface area contributed by atoms with Gasteiger partial charge in [0.05, 0.1) is 13.3 Å². The second-order valence-corrected chi connectivity index (χ2v) is 8.29. The molecule has 1 aliphatic rings. The van der Waals surface area contributed by atoms with E-state index in [2.05, 4.69) is 11.1 Å². The Morgan fingerprint density at radius 1 is 1.05 bits per heavy atom. The summed E-state index contributed by atoms with van der Waals surface area (Å²) in [6, 6.07) is 4.11. The number of ether oxygens (including phenoxy) is 1. The van der Waals surface area contributed by atoms with Crippen LogP contribution in [0.2, 0.25) is 0 Å². The second-order valence-electron chi connectivity index (χ2n) is 4.10. The van der Waals surface area contributed by atoms with Crippen molar-refractivity contribution in [3.8, 4) is 5.88 Å². The van der Waals surface area contributed by atoms with Crippen LogP contribution >= 0.6 is 7.81 Å². The number of aromatic nitrogens is 1. The first-order valence-electron chi connectivity index (χ1n) is 5.59. The van der Waals surface area contributed by atoms with Crippen molar-refractivity contribution in [1.82, 2.24) is 4.98 Å². The van der Waals surface area contributed by atoms with E-state index in [0.717, 1.165) is 0 Å². The molecule has 20 heavy (non-hydrogen) atoms. The standard InChI is InChI=1S/C10H14NOS.F6P/c1-12-10-5-4-9(8-11-10)13-6-2-3-7-13;1-7(2,3,4,5)6/h4-5,8H,2-3,6-7H2,1H3;/q+1;-1. The number of hydrogen-bond acceptors (Lipinski definition) is 2. The van der Waals surface area contributed by atoms with Crippen LogP contribution in [-0.2, 0) is 10.9 Å². The van der Waals surface area contributed by atoms with Crippen LogP contribution in [0.15, 0.2) is 23.2 Å². The molecule has 0 bridgehead atoms. The van der Waals surface area contributed by atoms with Crippen molar-refractivity contribution in [3.05, 3.63) is 18.3 Å². The summed E-state index contributed by atoms with van der Waals surface area (Å²) < 4.78 is 64.2. The van der Waals surface area contributed by atoms with E-state index in [1.807, 2.05) is 12.3 Å².